The first kappa shape index (κ1) is 16.1. The Labute approximate surface area is 120 Å². The second-order valence-electron chi connectivity index (χ2n) is 3.75. The fourth-order valence-corrected chi connectivity index (χ4v) is 2.49. The van der Waals surface area contributed by atoms with Crippen molar-refractivity contribution >= 4 is 32.1 Å². The van der Waals surface area contributed by atoms with Crippen molar-refractivity contribution in [1.82, 2.24) is 4.31 Å². The first-order valence-corrected chi connectivity index (χ1v) is 7.80. The fourth-order valence-electron chi connectivity index (χ4n) is 1.43. The lowest BCUT2D eigenvalue weighted by molar-refractivity contribution is -0.143. The van der Waals surface area contributed by atoms with Crippen molar-refractivity contribution in [2.24, 2.45) is 5.14 Å². The van der Waals surface area contributed by atoms with Gasteiger partial charge in [-0.15, -0.1) is 0 Å². The van der Waals surface area contributed by atoms with E-state index in [4.69, 9.17) is 9.88 Å². The number of nitrogens with zero attached hydrogens (tertiary/aromatic N) is 1. The van der Waals surface area contributed by atoms with Crippen molar-refractivity contribution < 1.29 is 17.9 Å². The van der Waals surface area contributed by atoms with Gasteiger partial charge in [0.05, 0.1) is 6.61 Å². The summed E-state index contributed by atoms with van der Waals surface area (Å²) in [4.78, 5) is 11.4. The molecule has 0 fully saturated rings. The van der Waals surface area contributed by atoms with Crippen LogP contribution < -0.4 is 5.14 Å². The van der Waals surface area contributed by atoms with Crippen molar-refractivity contribution in [2.45, 2.75) is 13.5 Å². The predicted octanol–water partition coefficient (Wildman–Crippen LogP) is 1.02. The van der Waals surface area contributed by atoms with E-state index in [1.54, 1.807) is 25.1 Å². The van der Waals surface area contributed by atoms with Gasteiger partial charge in [-0.05, 0) is 24.6 Å². The van der Waals surface area contributed by atoms with E-state index in [-0.39, 0.29) is 13.2 Å². The van der Waals surface area contributed by atoms with Crippen LogP contribution >= 0.6 is 15.9 Å². The number of rotatable bonds is 6. The molecule has 0 aromatic heterocycles. The molecule has 0 bridgehead atoms. The maximum absolute atomic E-state index is 11.4. The molecule has 8 heteroatoms. The molecule has 1 rings (SSSR count). The molecule has 0 unspecified atom stereocenters. The van der Waals surface area contributed by atoms with E-state index >= 15 is 0 Å². The number of hydrogen-bond donors (Lipinski definition) is 1. The SMILES string of the molecule is CCOC(=O)CN(Cc1cccc(Br)c1)S(N)(=O)=O. The number of nitrogens with two attached hydrogens (primary N) is 1. The third-order valence-corrected chi connectivity index (χ3v) is 3.69. The van der Waals surface area contributed by atoms with Crippen LogP contribution in [0.2, 0.25) is 0 Å². The summed E-state index contributed by atoms with van der Waals surface area (Å²) in [6.07, 6.45) is 0. The Morgan fingerprint density at radius 1 is 1.47 bits per heavy atom. The molecule has 0 heterocycles. The van der Waals surface area contributed by atoms with Crippen LogP contribution in [0.15, 0.2) is 28.7 Å². The van der Waals surface area contributed by atoms with E-state index in [0.29, 0.717) is 5.56 Å². The van der Waals surface area contributed by atoms with E-state index in [1.807, 2.05) is 6.07 Å². The third-order valence-electron chi connectivity index (χ3n) is 2.22. The number of carbonyl (C=O) groups is 1. The van der Waals surface area contributed by atoms with E-state index in [0.717, 1.165) is 8.78 Å². The van der Waals surface area contributed by atoms with Crippen molar-refractivity contribution in [3.8, 4) is 0 Å². The number of esters is 1. The van der Waals surface area contributed by atoms with Gasteiger partial charge in [-0.1, -0.05) is 28.1 Å². The minimum atomic E-state index is -3.97. The third kappa shape index (κ3) is 5.68. The first-order chi connectivity index (χ1) is 8.82. The number of hydrogen-bond acceptors (Lipinski definition) is 4. The van der Waals surface area contributed by atoms with Gasteiger partial charge in [0.2, 0.25) is 0 Å². The van der Waals surface area contributed by atoms with Crippen LogP contribution in [0.4, 0.5) is 0 Å². The zero-order valence-electron chi connectivity index (χ0n) is 10.4. The average Bonchev–Trinajstić information content (AvgIpc) is 2.27. The molecule has 106 valence electrons. The summed E-state index contributed by atoms with van der Waals surface area (Å²) >= 11 is 3.29. The predicted molar refractivity (Wildman–Crippen MR) is 74.3 cm³/mol. The van der Waals surface area contributed by atoms with Crippen LogP contribution in [0.1, 0.15) is 12.5 Å². The fraction of sp³-hybridized carbons (Fsp3) is 0.364. The molecule has 0 amide bonds. The number of halogens is 1. The number of carbonyl (C=O) groups excluding carboxylic acids is 1. The largest absolute Gasteiger partial charge is 0.465 e. The molecule has 6 nitrogen and oxygen atoms in total. The molecule has 0 aliphatic carbocycles. The second-order valence-corrected chi connectivity index (χ2v) is 6.21. The minimum Gasteiger partial charge on any atom is -0.465 e. The Hall–Kier alpha value is -0.960. The van der Waals surface area contributed by atoms with E-state index in [1.165, 1.54) is 0 Å². The molecule has 0 radical (unpaired) electrons. The lowest BCUT2D eigenvalue weighted by Crippen LogP contribution is -2.40. The molecule has 0 atom stereocenters. The monoisotopic (exact) mass is 350 g/mol. The Morgan fingerprint density at radius 3 is 2.68 bits per heavy atom. The summed E-state index contributed by atoms with van der Waals surface area (Å²) in [5, 5.41) is 5.09. The van der Waals surface area contributed by atoms with Gasteiger partial charge >= 0.3 is 5.97 Å². The maximum Gasteiger partial charge on any atom is 0.321 e. The number of benzene rings is 1. The van der Waals surface area contributed by atoms with E-state index < -0.39 is 22.7 Å². The summed E-state index contributed by atoms with van der Waals surface area (Å²) < 4.78 is 29.3. The van der Waals surface area contributed by atoms with Gasteiger partial charge in [0, 0.05) is 11.0 Å². The van der Waals surface area contributed by atoms with Crippen molar-refractivity contribution in [3.05, 3.63) is 34.3 Å². The van der Waals surface area contributed by atoms with Gasteiger partial charge in [0.25, 0.3) is 10.2 Å². The minimum absolute atomic E-state index is 0.0110. The highest BCUT2D eigenvalue weighted by molar-refractivity contribution is 9.10. The van der Waals surface area contributed by atoms with Crippen LogP contribution in [0.25, 0.3) is 0 Å². The summed E-state index contributed by atoms with van der Waals surface area (Å²) in [5.41, 5.74) is 0.715. The van der Waals surface area contributed by atoms with Gasteiger partial charge in [-0.3, -0.25) is 4.79 Å². The molecule has 0 saturated heterocycles. The Kier molecular flexibility index (Phi) is 5.92. The van der Waals surface area contributed by atoms with Crippen LogP contribution in [-0.4, -0.2) is 31.8 Å². The summed E-state index contributed by atoms with van der Waals surface area (Å²) in [5.74, 6) is -0.633. The van der Waals surface area contributed by atoms with Crippen molar-refractivity contribution in [2.75, 3.05) is 13.2 Å². The molecular weight excluding hydrogens is 336 g/mol. The van der Waals surface area contributed by atoms with E-state index in [9.17, 15) is 13.2 Å². The van der Waals surface area contributed by atoms with Crippen molar-refractivity contribution in [3.63, 3.8) is 0 Å². The van der Waals surface area contributed by atoms with Gasteiger partial charge < -0.3 is 4.74 Å². The standard InChI is InChI=1S/C11H15BrN2O4S/c1-2-18-11(15)8-14(19(13,16)17)7-9-4-3-5-10(12)6-9/h3-6H,2,7-8H2,1H3,(H2,13,16,17). The number of ether oxygens (including phenoxy) is 1. The molecule has 0 spiro atoms. The quantitative estimate of drug-likeness (QED) is 0.775. The van der Waals surface area contributed by atoms with Crippen LogP contribution in [0.3, 0.4) is 0 Å². The molecule has 0 aliphatic rings. The molecule has 0 aliphatic heterocycles. The normalized spacial score (nSPS) is 11.6. The Morgan fingerprint density at radius 2 is 2.16 bits per heavy atom. The van der Waals surface area contributed by atoms with E-state index in [2.05, 4.69) is 15.9 Å². The zero-order chi connectivity index (χ0) is 14.5. The summed E-state index contributed by atoms with van der Waals surface area (Å²) in [6.45, 7) is 1.44. The van der Waals surface area contributed by atoms with Crippen molar-refractivity contribution in [1.29, 1.82) is 0 Å². The average molecular weight is 351 g/mol. The first-order valence-electron chi connectivity index (χ1n) is 5.51. The van der Waals surface area contributed by atoms with Gasteiger partial charge in [-0.2, -0.15) is 12.7 Å². The van der Waals surface area contributed by atoms with Crippen LogP contribution in [0, 0.1) is 0 Å². The maximum atomic E-state index is 11.4. The topological polar surface area (TPSA) is 89.7 Å². The smallest absolute Gasteiger partial charge is 0.321 e. The zero-order valence-corrected chi connectivity index (χ0v) is 12.8. The van der Waals surface area contributed by atoms with Crippen LogP contribution in [0.5, 0.6) is 0 Å². The highest BCUT2D eigenvalue weighted by Gasteiger charge is 2.21. The highest BCUT2D eigenvalue weighted by atomic mass is 79.9. The molecular formula is C11H15BrN2O4S. The molecule has 1 aromatic carbocycles. The lowest BCUT2D eigenvalue weighted by atomic mass is 10.2. The molecule has 19 heavy (non-hydrogen) atoms. The lowest BCUT2D eigenvalue weighted by Gasteiger charge is -2.18. The van der Waals surface area contributed by atoms with Gasteiger partial charge in [0.1, 0.15) is 6.54 Å². The molecule has 1 aromatic rings. The van der Waals surface area contributed by atoms with Gasteiger partial charge in [-0.25, -0.2) is 5.14 Å². The molecule has 2 N–H and O–H groups in total. The molecule has 0 saturated carbocycles. The van der Waals surface area contributed by atoms with Gasteiger partial charge in [0.15, 0.2) is 0 Å². The summed E-state index contributed by atoms with van der Waals surface area (Å²) in [7, 11) is -3.97. The second kappa shape index (κ2) is 6.99. The summed E-state index contributed by atoms with van der Waals surface area (Å²) in [6, 6.07) is 7.08. The highest BCUT2D eigenvalue weighted by Crippen LogP contribution is 2.14. The van der Waals surface area contributed by atoms with Crippen LogP contribution in [-0.2, 0) is 26.3 Å². The Bertz CT molecular complexity index is 547. The Balaban J connectivity index is 2.84.